The molecule has 0 aliphatic carbocycles. The van der Waals surface area contributed by atoms with Gasteiger partial charge in [-0.25, -0.2) is 4.98 Å². The number of nitrogens with zero attached hydrogens (tertiary/aromatic N) is 4. The predicted molar refractivity (Wildman–Crippen MR) is 51.0 cm³/mol. The second kappa shape index (κ2) is 4.47. The molecule has 0 atom stereocenters. The van der Waals surface area contributed by atoms with Crippen LogP contribution in [0.4, 0.5) is 0 Å². The molecule has 0 unspecified atom stereocenters. The van der Waals surface area contributed by atoms with E-state index in [-0.39, 0.29) is 12.3 Å². The van der Waals surface area contributed by atoms with Crippen LogP contribution in [0.25, 0.3) is 11.5 Å². The molecule has 0 aliphatic rings. The highest BCUT2D eigenvalue weighted by Gasteiger charge is 2.13. The van der Waals surface area contributed by atoms with Gasteiger partial charge in [0.1, 0.15) is 12.1 Å². The summed E-state index contributed by atoms with van der Waals surface area (Å²) in [6, 6.07) is 0. The lowest BCUT2D eigenvalue weighted by molar-refractivity contribution is -0.140. The molecule has 0 N–H and O–H groups in total. The maximum atomic E-state index is 10.9. The monoisotopic (exact) mass is 220 g/mol. The highest BCUT2D eigenvalue weighted by Crippen LogP contribution is 2.10. The van der Waals surface area contributed by atoms with Crippen molar-refractivity contribution in [3.05, 3.63) is 24.5 Å². The van der Waals surface area contributed by atoms with Gasteiger partial charge in [-0.2, -0.15) is 4.98 Å². The summed E-state index contributed by atoms with van der Waals surface area (Å²) in [5, 5.41) is 3.68. The summed E-state index contributed by atoms with van der Waals surface area (Å²) < 4.78 is 9.34. The molecule has 7 nitrogen and oxygen atoms in total. The van der Waals surface area contributed by atoms with Crippen LogP contribution in [0.2, 0.25) is 0 Å². The van der Waals surface area contributed by atoms with Gasteiger partial charge >= 0.3 is 5.97 Å². The predicted octanol–water partition coefficient (Wildman–Crippen LogP) is 0.242. The van der Waals surface area contributed by atoms with Crippen LogP contribution in [0, 0.1) is 0 Å². The molecule has 0 amide bonds. The Kier molecular flexibility index (Phi) is 2.86. The summed E-state index contributed by atoms with van der Waals surface area (Å²) in [5.41, 5.74) is 0.488. The smallest absolute Gasteiger partial charge is 0.315 e. The SMILES string of the molecule is COC(=O)Cc1nc(-c2cnccn2)no1. The van der Waals surface area contributed by atoms with Crippen molar-refractivity contribution in [1.82, 2.24) is 20.1 Å². The summed E-state index contributed by atoms with van der Waals surface area (Å²) in [6.45, 7) is 0. The first-order valence-corrected chi connectivity index (χ1v) is 4.45. The average molecular weight is 220 g/mol. The largest absolute Gasteiger partial charge is 0.469 e. The Hall–Kier alpha value is -2.31. The van der Waals surface area contributed by atoms with E-state index in [1.807, 2.05) is 0 Å². The Morgan fingerprint density at radius 2 is 2.38 bits per heavy atom. The fraction of sp³-hybridized carbons (Fsp3) is 0.222. The van der Waals surface area contributed by atoms with Crippen molar-refractivity contribution in [2.45, 2.75) is 6.42 Å². The third kappa shape index (κ3) is 2.19. The lowest BCUT2D eigenvalue weighted by Crippen LogP contribution is -2.04. The second-order valence-electron chi connectivity index (χ2n) is 2.86. The molecule has 2 aromatic heterocycles. The summed E-state index contributed by atoms with van der Waals surface area (Å²) >= 11 is 0. The lowest BCUT2D eigenvalue weighted by atomic mass is 10.4. The van der Waals surface area contributed by atoms with E-state index in [2.05, 4.69) is 24.8 Å². The highest BCUT2D eigenvalue weighted by atomic mass is 16.5. The standard InChI is InChI=1S/C9H8N4O3/c1-15-8(14)4-7-12-9(13-16-7)6-5-10-2-3-11-6/h2-3,5H,4H2,1H3. The number of rotatable bonds is 3. The van der Waals surface area contributed by atoms with Gasteiger partial charge < -0.3 is 9.26 Å². The molecule has 0 spiro atoms. The molecule has 0 radical (unpaired) electrons. The molecule has 7 heteroatoms. The molecule has 0 saturated heterocycles. The minimum Gasteiger partial charge on any atom is -0.469 e. The molecular weight excluding hydrogens is 212 g/mol. The van der Waals surface area contributed by atoms with Crippen molar-refractivity contribution in [3.63, 3.8) is 0 Å². The third-order valence-electron chi connectivity index (χ3n) is 1.78. The van der Waals surface area contributed by atoms with Crippen molar-refractivity contribution in [1.29, 1.82) is 0 Å². The summed E-state index contributed by atoms with van der Waals surface area (Å²) in [4.78, 5) is 22.8. The van der Waals surface area contributed by atoms with E-state index in [4.69, 9.17) is 4.52 Å². The Labute approximate surface area is 90.5 Å². The number of carbonyl (C=O) groups is 1. The molecular formula is C9H8N4O3. The van der Waals surface area contributed by atoms with Gasteiger partial charge in [-0.15, -0.1) is 0 Å². The highest BCUT2D eigenvalue weighted by molar-refractivity contribution is 5.71. The Balaban J connectivity index is 2.17. The van der Waals surface area contributed by atoms with E-state index in [0.29, 0.717) is 11.5 Å². The Morgan fingerprint density at radius 3 is 3.06 bits per heavy atom. The van der Waals surface area contributed by atoms with Crippen molar-refractivity contribution in [2.24, 2.45) is 0 Å². The van der Waals surface area contributed by atoms with Crippen LogP contribution in [0.15, 0.2) is 23.1 Å². The minimum absolute atomic E-state index is 0.0518. The van der Waals surface area contributed by atoms with Crippen molar-refractivity contribution < 1.29 is 14.1 Å². The molecule has 0 fully saturated rings. The fourth-order valence-electron chi connectivity index (χ4n) is 1.04. The molecule has 2 rings (SSSR count). The first-order chi connectivity index (χ1) is 7.79. The van der Waals surface area contributed by atoms with E-state index in [1.165, 1.54) is 19.5 Å². The van der Waals surface area contributed by atoms with E-state index in [1.54, 1.807) is 6.20 Å². The average Bonchev–Trinajstić information content (AvgIpc) is 2.78. The summed E-state index contributed by atoms with van der Waals surface area (Å²) in [5.74, 6) is 0.0499. The van der Waals surface area contributed by atoms with E-state index >= 15 is 0 Å². The molecule has 0 aliphatic heterocycles. The summed E-state index contributed by atoms with van der Waals surface area (Å²) in [6.07, 6.45) is 4.52. The number of aromatic nitrogens is 4. The quantitative estimate of drug-likeness (QED) is 0.684. The number of carbonyl (C=O) groups excluding carboxylic acids is 1. The molecule has 0 saturated carbocycles. The fourth-order valence-corrected chi connectivity index (χ4v) is 1.04. The zero-order chi connectivity index (χ0) is 11.4. The Morgan fingerprint density at radius 1 is 1.50 bits per heavy atom. The van der Waals surface area contributed by atoms with Gasteiger partial charge in [0.25, 0.3) is 0 Å². The summed E-state index contributed by atoms with van der Waals surface area (Å²) in [7, 11) is 1.29. The third-order valence-corrected chi connectivity index (χ3v) is 1.78. The van der Waals surface area contributed by atoms with Crippen LogP contribution in [-0.2, 0) is 16.0 Å². The normalized spacial score (nSPS) is 10.1. The van der Waals surface area contributed by atoms with E-state index in [0.717, 1.165) is 0 Å². The molecule has 0 bridgehead atoms. The van der Waals surface area contributed by atoms with Gasteiger partial charge in [0, 0.05) is 12.4 Å². The minimum atomic E-state index is -0.436. The lowest BCUT2D eigenvalue weighted by Gasteiger charge is -1.91. The number of hydrogen-bond donors (Lipinski definition) is 0. The zero-order valence-corrected chi connectivity index (χ0v) is 8.45. The van der Waals surface area contributed by atoms with Gasteiger partial charge in [-0.05, 0) is 0 Å². The van der Waals surface area contributed by atoms with Crippen LogP contribution in [-0.4, -0.2) is 33.2 Å². The van der Waals surface area contributed by atoms with Crippen molar-refractivity contribution in [3.8, 4) is 11.5 Å². The van der Waals surface area contributed by atoms with Crippen LogP contribution in [0.1, 0.15) is 5.89 Å². The number of hydrogen-bond acceptors (Lipinski definition) is 7. The first kappa shape index (κ1) is 10.2. The van der Waals surface area contributed by atoms with Crippen LogP contribution < -0.4 is 0 Å². The van der Waals surface area contributed by atoms with Crippen LogP contribution in [0.5, 0.6) is 0 Å². The number of esters is 1. The molecule has 0 aromatic carbocycles. The van der Waals surface area contributed by atoms with E-state index < -0.39 is 5.97 Å². The zero-order valence-electron chi connectivity index (χ0n) is 8.45. The van der Waals surface area contributed by atoms with Crippen LogP contribution >= 0.6 is 0 Å². The van der Waals surface area contributed by atoms with Gasteiger partial charge in [0.15, 0.2) is 0 Å². The van der Waals surface area contributed by atoms with E-state index in [9.17, 15) is 4.79 Å². The maximum Gasteiger partial charge on any atom is 0.315 e. The molecule has 82 valence electrons. The van der Waals surface area contributed by atoms with Crippen molar-refractivity contribution in [2.75, 3.05) is 7.11 Å². The first-order valence-electron chi connectivity index (χ1n) is 4.45. The second-order valence-corrected chi connectivity index (χ2v) is 2.86. The van der Waals surface area contributed by atoms with Gasteiger partial charge in [0.05, 0.1) is 13.3 Å². The van der Waals surface area contributed by atoms with Crippen LogP contribution in [0.3, 0.4) is 0 Å². The van der Waals surface area contributed by atoms with Gasteiger partial charge in [0.2, 0.25) is 11.7 Å². The Bertz CT molecular complexity index is 483. The number of ether oxygens (including phenoxy) is 1. The van der Waals surface area contributed by atoms with Crippen molar-refractivity contribution >= 4 is 5.97 Å². The van der Waals surface area contributed by atoms with Gasteiger partial charge in [-0.1, -0.05) is 5.16 Å². The molecule has 16 heavy (non-hydrogen) atoms. The molecule has 2 heterocycles. The van der Waals surface area contributed by atoms with Gasteiger partial charge in [-0.3, -0.25) is 9.78 Å². The topological polar surface area (TPSA) is 91.0 Å². The maximum absolute atomic E-state index is 10.9. The molecule has 2 aromatic rings. The number of methoxy groups -OCH3 is 1.